The molecule has 0 atom stereocenters. The van der Waals surface area contributed by atoms with Gasteiger partial charge in [0.05, 0.1) is 30.7 Å². The van der Waals surface area contributed by atoms with Crippen LogP contribution >= 0.6 is 0 Å². The monoisotopic (exact) mass is 233 g/mol. The van der Waals surface area contributed by atoms with Crippen LogP contribution in [0.4, 0.5) is 0 Å². The van der Waals surface area contributed by atoms with Gasteiger partial charge in [0.25, 0.3) is 0 Å². The van der Waals surface area contributed by atoms with Gasteiger partial charge in [-0.3, -0.25) is 9.59 Å². The lowest BCUT2D eigenvalue weighted by Crippen LogP contribution is -2.09. The first-order valence-corrected chi connectivity index (χ1v) is 4.94. The van der Waals surface area contributed by atoms with Crippen molar-refractivity contribution in [1.29, 1.82) is 0 Å². The number of H-pyrrole nitrogens is 1. The molecular formula is C12H11NO4. The SMILES string of the molecule is COc1cc(OC)c2[nH]cc(C=O)c(=O)c2c1. The number of aldehydes is 1. The molecule has 5 heteroatoms. The van der Waals surface area contributed by atoms with E-state index in [1.165, 1.54) is 20.4 Å². The molecule has 0 aliphatic rings. The van der Waals surface area contributed by atoms with E-state index in [1.807, 2.05) is 0 Å². The highest BCUT2D eigenvalue weighted by atomic mass is 16.5. The Morgan fingerprint density at radius 2 is 2.00 bits per heavy atom. The standard InChI is InChI=1S/C12H11NO4/c1-16-8-3-9-11(10(4-8)17-2)13-5-7(6-14)12(9)15/h3-6H,1-2H3,(H,13,15). The number of carbonyl (C=O) groups is 1. The van der Waals surface area contributed by atoms with E-state index in [1.54, 1.807) is 12.1 Å². The number of nitrogens with one attached hydrogen (secondary N) is 1. The highest BCUT2D eigenvalue weighted by Crippen LogP contribution is 2.27. The van der Waals surface area contributed by atoms with Crippen LogP contribution in [0.3, 0.4) is 0 Å². The third-order valence-electron chi connectivity index (χ3n) is 2.54. The van der Waals surface area contributed by atoms with E-state index in [0.717, 1.165) is 0 Å². The minimum Gasteiger partial charge on any atom is -0.497 e. The smallest absolute Gasteiger partial charge is 0.200 e. The first kappa shape index (κ1) is 11.2. The Morgan fingerprint density at radius 1 is 1.24 bits per heavy atom. The number of carbonyl (C=O) groups excluding carboxylic acids is 1. The first-order chi connectivity index (χ1) is 8.21. The van der Waals surface area contributed by atoms with Crippen molar-refractivity contribution in [3.8, 4) is 11.5 Å². The van der Waals surface area contributed by atoms with Crippen molar-refractivity contribution in [2.75, 3.05) is 14.2 Å². The van der Waals surface area contributed by atoms with Gasteiger partial charge in [-0.1, -0.05) is 0 Å². The molecule has 0 aliphatic heterocycles. The average molecular weight is 233 g/mol. The normalized spacial score (nSPS) is 10.2. The molecule has 2 rings (SSSR count). The van der Waals surface area contributed by atoms with Crippen molar-refractivity contribution < 1.29 is 14.3 Å². The number of rotatable bonds is 3. The van der Waals surface area contributed by atoms with Gasteiger partial charge in [-0.25, -0.2) is 0 Å². The van der Waals surface area contributed by atoms with Crippen LogP contribution < -0.4 is 14.9 Å². The Balaban J connectivity index is 2.89. The van der Waals surface area contributed by atoms with E-state index >= 15 is 0 Å². The summed E-state index contributed by atoms with van der Waals surface area (Å²) in [6.07, 6.45) is 1.89. The van der Waals surface area contributed by atoms with Crippen molar-refractivity contribution in [2.45, 2.75) is 0 Å². The van der Waals surface area contributed by atoms with E-state index in [4.69, 9.17) is 9.47 Å². The molecular weight excluding hydrogens is 222 g/mol. The number of hydrogen-bond acceptors (Lipinski definition) is 4. The van der Waals surface area contributed by atoms with Gasteiger partial charge in [-0.2, -0.15) is 0 Å². The summed E-state index contributed by atoms with van der Waals surface area (Å²) in [7, 11) is 3.00. The number of benzene rings is 1. The fraction of sp³-hybridized carbons (Fsp3) is 0.167. The number of fused-ring (bicyclic) bond motifs is 1. The topological polar surface area (TPSA) is 68.4 Å². The van der Waals surface area contributed by atoms with E-state index in [0.29, 0.717) is 28.7 Å². The molecule has 0 unspecified atom stereocenters. The van der Waals surface area contributed by atoms with Crippen LogP contribution in [-0.2, 0) is 0 Å². The van der Waals surface area contributed by atoms with Crippen LogP contribution in [0, 0.1) is 0 Å². The summed E-state index contributed by atoms with van der Waals surface area (Å²) in [4.78, 5) is 25.5. The number of aromatic nitrogens is 1. The van der Waals surface area contributed by atoms with Crippen LogP contribution in [0.1, 0.15) is 10.4 Å². The fourth-order valence-electron chi connectivity index (χ4n) is 1.66. The Labute approximate surface area is 97.0 Å². The number of pyridine rings is 1. The molecule has 88 valence electrons. The van der Waals surface area contributed by atoms with Crippen LogP contribution in [0.5, 0.6) is 11.5 Å². The molecule has 0 saturated carbocycles. The van der Waals surface area contributed by atoms with E-state index < -0.39 is 0 Å². The van der Waals surface area contributed by atoms with Crippen LogP contribution in [0.15, 0.2) is 23.1 Å². The molecule has 0 aliphatic carbocycles. The van der Waals surface area contributed by atoms with Gasteiger partial charge in [0, 0.05) is 12.3 Å². The summed E-state index contributed by atoms with van der Waals surface area (Å²) >= 11 is 0. The van der Waals surface area contributed by atoms with Gasteiger partial charge in [-0.15, -0.1) is 0 Å². The van der Waals surface area contributed by atoms with Crippen molar-refractivity contribution in [3.63, 3.8) is 0 Å². The molecule has 1 N–H and O–H groups in total. The predicted molar refractivity (Wildman–Crippen MR) is 63.1 cm³/mol. The predicted octanol–water partition coefficient (Wildman–Crippen LogP) is 1.36. The molecule has 0 radical (unpaired) electrons. The average Bonchev–Trinajstić information content (AvgIpc) is 2.38. The zero-order valence-corrected chi connectivity index (χ0v) is 9.44. The van der Waals surface area contributed by atoms with Crippen molar-refractivity contribution in [2.24, 2.45) is 0 Å². The lowest BCUT2D eigenvalue weighted by molar-refractivity contribution is 0.112. The second kappa shape index (κ2) is 4.29. The second-order valence-electron chi connectivity index (χ2n) is 3.44. The van der Waals surface area contributed by atoms with Gasteiger partial charge in [-0.05, 0) is 6.07 Å². The van der Waals surface area contributed by atoms with Gasteiger partial charge in [0.1, 0.15) is 11.5 Å². The van der Waals surface area contributed by atoms with E-state index in [9.17, 15) is 9.59 Å². The zero-order valence-electron chi connectivity index (χ0n) is 9.44. The van der Waals surface area contributed by atoms with Crippen molar-refractivity contribution in [3.05, 3.63) is 34.1 Å². The molecule has 1 heterocycles. The zero-order chi connectivity index (χ0) is 12.4. The summed E-state index contributed by atoms with van der Waals surface area (Å²) in [5, 5.41) is 0.366. The molecule has 0 fully saturated rings. The summed E-state index contributed by atoms with van der Waals surface area (Å²) in [5.41, 5.74) is 0.280. The number of hydrogen-bond donors (Lipinski definition) is 1. The molecule has 5 nitrogen and oxygen atoms in total. The van der Waals surface area contributed by atoms with E-state index in [-0.39, 0.29) is 11.0 Å². The third-order valence-corrected chi connectivity index (χ3v) is 2.54. The lowest BCUT2D eigenvalue weighted by Gasteiger charge is -2.08. The summed E-state index contributed by atoms with van der Waals surface area (Å²) in [6.45, 7) is 0. The molecule has 1 aromatic heterocycles. The number of aromatic amines is 1. The Kier molecular flexibility index (Phi) is 2.82. The highest BCUT2D eigenvalue weighted by Gasteiger charge is 2.10. The third kappa shape index (κ3) is 1.75. The molecule has 0 saturated heterocycles. The second-order valence-corrected chi connectivity index (χ2v) is 3.44. The minimum atomic E-state index is -0.342. The Hall–Kier alpha value is -2.30. The minimum absolute atomic E-state index is 0.0767. The molecule has 0 spiro atoms. The summed E-state index contributed by atoms with van der Waals surface area (Å²) in [5.74, 6) is 0.997. The van der Waals surface area contributed by atoms with Crippen molar-refractivity contribution in [1.82, 2.24) is 4.98 Å². The van der Waals surface area contributed by atoms with Crippen LogP contribution in [-0.4, -0.2) is 25.5 Å². The maximum absolute atomic E-state index is 11.9. The highest BCUT2D eigenvalue weighted by molar-refractivity contribution is 5.90. The molecule has 17 heavy (non-hydrogen) atoms. The first-order valence-electron chi connectivity index (χ1n) is 4.94. The van der Waals surface area contributed by atoms with Gasteiger partial charge >= 0.3 is 0 Å². The summed E-state index contributed by atoms with van der Waals surface area (Å²) in [6, 6.07) is 3.24. The van der Waals surface area contributed by atoms with Gasteiger partial charge in [0.2, 0.25) is 0 Å². The van der Waals surface area contributed by atoms with Gasteiger partial charge < -0.3 is 14.5 Å². The van der Waals surface area contributed by atoms with Crippen LogP contribution in [0.25, 0.3) is 10.9 Å². The summed E-state index contributed by atoms with van der Waals surface area (Å²) < 4.78 is 10.2. The lowest BCUT2D eigenvalue weighted by atomic mass is 10.1. The number of methoxy groups -OCH3 is 2. The quantitative estimate of drug-likeness (QED) is 0.813. The van der Waals surface area contributed by atoms with E-state index in [2.05, 4.69) is 4.98 Å². The number of ether oxygens (including phenoxy) is 2. The molecule has 2 aromatic rings. The maximum Gasteiger partial charge on any atom is 0.200 e. The maximum atomic E-state index is 11.9. The fourth-order valence-corrected chi connectivity index (χ4v) is 1.66. The van der Waals surface area contributed by atoms with Crippen molar-refractivity contribution >= 4 is 17.2 Å². The molecule has 0 bridgehead atoms. The Bertz CT molecular complexity index is 630. The molecule has 1 aromatic carbocycles. The van der Waals surface area contributed by atoms with Gasteiger partial charge in [0.15, 0.2) is 11.7 Å². The molecule has 0 amide bonds. The van der Waals surface area contributed by atoms with Crippen LogP contribution in [0.2, 0.25) is 0 Å². The Morgan fingerprint density at radius 3 is 2.59 bits per heavy atom. The largest absolute Gasteiger partial charge is 0.497 e.